The Morgan fingerprint density at radius 1 is 1.24 bits per heavy atom. The fraction of sp³-hybridized carbons (Fsp3) is 0.385. The number of rotatable bonds is 3. The van der Waals surface area contributed by atoms with Crippen LogP contribution in [0.15, 0.2) is 31.0 Å². The van der Waals surface area contributed by atoms with Crippen molar-refractivity contribution in [1.29, 1.82) is 0 Å². The van der Waals surface area contributed by atoms with Gasteiger partial charge in [-0.2, -0.15) is 0 Å². The van der Waals surface area contributed by atoms with Crippen LogP contribution in [0.4, 0.5) is 5.69 Å². The van der Waals surface area contributed by atoms with Gasteiger partial charge >= 0.3 is 101 Å². The Kier molecular flexibility index (Phi) is 7.21. The molecule has 4 heteroatoms. The second-order valence-corrected chi connectivity index (χ2v) is 19.5. The molecule has 0 aromatic heterocycles. The summed E-state index contributed by atoms with van der Waals surface area (Å²) in [6.45, 7) is 7.63. The molecule has 0 radical (unpaired) electrons. The summed E-state index contributed by atoms with van der Waals surface area (Å²) in [7, 11) is 0. The van der Waals surface area contributed by atoms with E-state index in [0.717, 1.165) is 10.7 Å². The van der Waals surface area contributed by atoms with Crippen LogP contribution in [-0.2, 0) is 0 Å². The van der Waals surface area contributed by atoms with E-state index in [-0.39, 0.29) is 0 Å². The third-order valence-electron chi connectivity index (χ3n) is 2.24. The normalized spacial score (nSPS) is 10.3. The molecule has 17 heavy (non-hydrogen) atoms. The van der Waals surface area contributed by atoms with E-state index < -0.39 is 18.4 Å². The molecule has 0 fully saturated rings. The Hall–Kier alpha value is -0.191. The summed E-state index contributed by atoms with van der Waals surface area (Å²) in [5, 5.41) is 2.24. The zero-order valence-corrected chi connectivity index (χ0v) is 15.0. The van der Waals surface area contributed by atoms with Gasteiger partial charge in [-0.3, -0.25) is 0 Å². The molecule has 0 heterocycles. The summed E-state index contributed by atoms with van der Waals surface area (Å²) in [6, 6.07) is 6.02. The zero-order valence-electron chi connectivity index (χ0n) is 11.4. The third kappa shape index (κ3) is 5.32. The fourth-order valence-electron chi connectivity index (χ4n) is 1.26. The molecule has 1 aromatic rings. The SMILES string of the molecule is C=CN(N)c1cc(Cl)c[c]([Sn]([CH3])([CH3])[CH3])c1.CC. The Morgan fingerprint density at radius 2 is 1.76 bits per heavy atom. The van der Waals surface area contributed by atoms with Gasteiger partial charge in [0.25, 0.3) is 0 Å². The van der Waals surface area contributed by atoms with Crippen LogP contribution in [0, 0.1) is 0 Å². The van der Waals surface area contributed by atoms with Gasteiger partial charge in [-0.1, -0.05) is 13.8 Å². The topological polar surface area (TPSA) is 29.3 Å². The van der Waals surface area contributed by atoms with Gasteiger partial charge in [0.15, 0.2) is 0 Å². The van der Waals surface area contributed by atoms with Crippen LogP contribution in [0.5, 0.6) is 0 Å². The number of nitrogens with two attached hydrogens (primary N) is 1. The monoisotopic (exact) mass is 362 g/mol. The van der Waals surface area contributed by atoms with Crippen LogP contribution < -0.4 is 14.4 Å². The number of hydrogen-bond donors (Lipinski definition) is 1. The fourth-order valence-corrected chi connectivity index (χ4v) is 5.09. The molecule has 0 unspecified atom stereocenters. The van der Waals surface area contributed by atoms with Crippen LogP contribution in [0.1, 0.15) is 13.8 Å². The molecule has 2 nitrogen and oxygen atoms in total. The Labute approximate surface area is 114 Å². The van der Waals surface area contributed by atoms with Gasteiger partial charge in [0.2, 0.25) is 0 Å². The Balaban J connectivity index is 0.00000121. The van der Waals surface area contributed by atoms with Gasteiger partial charge in [-0.15, -0.1) is 0 Å². The van der Waals surface area contributed by atoms with Crippen molar-refractivity contribution in [2.24, 2.45) is 5.84 Å². The Bertz CT molecular complexity index is 372. The van der Waals surface area contributed by atoms with Crippen molar-refractivity contribution < 1.29 is 0 Å². The largest absolute Gasteiger partial charge is 0.0683 e. The summed E-state index contributed by atoms with van der Waals surface area (Å²) >= 11 is 4.00. The van der Waals surface area contributed by atoms with E-state index >= 15 is 0 Å². The van der Waals surface area contributed by atoms with Crippen molar-refractivity contribution in [3.05, 3.63) is 36.0 Å². The van der Waals surface area contributed by atoms with E-state index in [1.807, 2.05) is 19.9 Å². The maximum Gasteiger partial charge on any atom is -0.0683 e. The third-order valence-corrected chi connectivity index (χ3v) is 8.23. The van der Waals surface area contributed by atoms with E-state index in [9.17, 15) is 0 Å². The first-order chi connectivity index (χ1) is 7.84. The molecule has 0 aliphatic heterocycles. The second kappa shape index (κ2) is 7.29. The first-order valence-electron chi connectivity index (χ1n) is 5.82. The predicted octanol–water partition coefficient (Wildman–Crippen LogP) is 3.74. The first-order valence-corrected chi connectivity index (χ1v) is 16.2. The van der Waals surface area contributed by atoms with Crippen molar-refractivity contribution in [3.8, 4) is 0 Å². The minimum atomic E-state index is -2.08. The molecule has 2 N–H and O–H groups in total. The molecule has 1 aromatic carbocycles. The van der Waals surface area contributed by atoms with Crippen molar-refractivity contribution in [2.75, 3.05) is 5.01 Å². The quantitative estimate of drug-likeness (QED) is 0.505. The van der Waals surface area contributed by atoms with E-state index in [1.165, 1.54) is 8.59 Å². The van der Waals surface area contributed by atoms with Crippen LogP contribution in [0.3, 0.4) is 0 Å². The van der Waals surface area contributed by atoms with Gasteiger partial charge in [-0.25, -0.2) is 0 Å². The maximum absolute atomic E-state index is 6.07. The number of anilines is 1. The molecule has 0 saturated carbocycles. The van der Waals surface area contributed by atoms with Gasteiger partial charge < -0.3 is 0 Å². The number of nitrogens with zero attached hydrogens (tertiary/aromatic N) is 1. The Morgan fingerprint density at radius 3 is 2.18 bits per heavy atom. The molecule has 0 aliphatic rings. The van der Waals surface area contributed by atoms with E-state index in [0.29, 0.717) is 0 Å². The molecule has 0 spiro atoms. The van der Waals surface area contributed by atoms with Crippen molar-refractivity contribution in [3.63, 3.8) is 0 Å². The van der Waals surface area contributed by atoms with E-state index in [4.69, 9.17) is 17.4 Å². The molecule has 0 aliphatic carbocycles. The standard InChI is InChI=1S/C8H8ClN2.C2H6.3CH3.Sn/c1-2-11(10)8-5-3-4-7(9)6-8;1-2;;;;/h2,4-6H,1,10H2;1-2H3;3*1H3;. The van der Waals surface area contributed by atoms with Crippen molar-refractivity contribution in [1.82, 2.24) is 0 Å². The van der Waals surface area contributed by atoms with Gasteiger partial charge in [0, 0.05) is 0 Å². The van der Waals surface area contributed by atoms with Gasteiger partial charge in [0.05, 0.1) is 0 Å². The average Bonchev–Trinajstić information content (AvgIpc) is 2.28. The van der Waals surface area contributed by atoms with Crippen molar-refractivity contribution in [2.45, 2.75) is 28.7 Å². The van der Waals surface area contributed by atoms with E-state index in [1.54, 1.807) is 6.20 Å². The smallest absolute Gasteiger partial charge is 0.0683 e. The zero-order chi connectivity index (χ0) is 13.6. The maximum atomic E-state index is 6.07. The van der Waals surface area contributed by atoms with Gasteiger partial charge in [-0.05, 0) is 0 Å². The molecule has 0 amide bonds. The molecular weight excluding hydrogens is 338 g/mol. The number of hydrogen-bond acceptors (Lipinski definition) is 2. The summed E-state index contributed by atoms with van der Waals surface area (Å²) < 4.78 is 1.36. The van der Waals surface area contributed by atoms with E-state index in [2.05, 4.69) is 33.5 Å². The molecular formula is C13H23ClN2Sn. The summed E-state index contributed by atoms with van der Waals surface area (Å²) in [5.74, 6) is 5.76. The molecule has 0 atom stereocenters. The summed E-state index contributed by atoms with van der Waals surface area (Å²) in [5.41, 5.74) is 0.902. The molecule has 96 valence electrons. The minimum Gasteiger partial charge on any atom is -0.0683 e. The van der Waals surface area contributed by atoms with Gasteiger partial charge in [0.1, 0.15) is 0 Å². The summed E-state index contributed by atoms with van der Waals surface area (Å²) in [6.07, 6.45) is 1.58. The number of halogens is 1. The van der Waals surface area contributed by atoms with Crippen LogP contribution in [0.2, 0.25) is 19.8 Å². The van der Waals surface area contributed by atoms with Crippen molar-refractivity contribution >= 4 is 39.2 Å². The number of benzene rings is 1. The average molecular weight is 362 g/mol. The summed E-state index contributed by atoms with van der Waals surface area (Å²) in [4.78, 5) is 7.04. The molecule has 1 rings (SSSR count). The van der Waals surface area contributed by atoms with Crippen LogP contribution in [-0.4, -0.2) is 18.4 Å². The van der Waals surface area contributed by atoms with Crippen LogP contribution in [0.25, 0.3) is 0 Å². The number of hydrazine groups is 1. The van der Waals surface area contributed by atoms with Crippen LogP contribution >= 0.6 is 11.6 Å². The minimum absolute atomic E-state index is 0.742. The predicted molar refractivity (Wildman–Crippen MR) is 82.6 cm³/mol. The second-order valence-electron chi connectivity index (χ2n) is 4.54. The molecule has 0 saturated heterocycles. The first kappa shape index (κ1) is 16.8. The molecule has 0 bridgehead atoms.